The number of amides is 2. The SMILES string of the molecule is O=C(Cc1n[nH]c2c1CCCC2)NCc1ccc(N2CCCCC2=O)cc1. The molecule has 0 radical (unpaired) electrons. The zero-order valence-corrected chi connectivity index (χ0v) is 15.6. The second-order valence-corrected chi connectivity index (χ2v) is 7.46. The molecule has 0 bridgehead atoms. The number of hydrogen-bond donors (Lipinski definition) is 2. The zero-order chi connectivity index (χ0) is 18.6. The van der Waals surface area contributed by atoms with E-state index in [4.69, 9.17) is 0 Å². The molecule has 27 heavy (non-hydrogen) atoms. The Hall–Kier alpha value is -2.63. The van der Waals surface area contributed by atoms with Gasteiger partial charge in [-0.05, 0) is 61.8 Å². The smallest absolute Gasteiger partial charge is 0.226 e. The summed E-state index contributed by atoms with van der Waals surface area (Å²) in [6.45, 7) is 1.28. The standard InChI is InChI=1S/C21H26N4O2/c26-20(13-19-17-5-1-2-6-18(17)23-24-19)22-14-15-8-10-16(11-9-15)25-12-4-3-7-21(25)27/h8-11H,1-7,12-14H2,(H,22,26)(H,23,24). The molecular weight excluding hydrogens is 340 g/mol. The van der Waals surface area contributed by atoms with Crippen LogP contribution in [0.2, 0.25) is 0 Å². The molecule has 0 saturated carbocycles. The number of aromatic nitrogens is 2. The molecule has 2 aromatic rings. The van der Waals surface area contributed by atoms with Crippen molar-refractivity contribution in [3.05, 3.63) is 46.8 Å². The highest BCUT2D eigenvalue weighted by atomic mass is 16.2. The number of rotatable bonds is 5. The van der Waals surface area contributed by atoms with Crippen molar-refractivity contribution in [2.75, 3.05) is 11.4 Å². The molecular formula is C21H26N4O2. The van der Waals surface area contributed by atoms with Gasteiger partial charge in [-0.1, -0.05) is 12.1 Å². The van der Waals surface area contributed by atoms with Crippen LogP contribution in [0.1, 0.15) is 54.6 Å². The first-order valence-corrected chi connectivity index (χ1v) is 9.92. The van der Waals surface area contributed by atoms with E-state index in [2.05, 4.69) is 15.5 Å². The zero-order valence-electron chi connectivity index (χ0n) is 15.6. The molecule has 0 unspecified atom stereocenters. The van der Waals surface area contributed by atoms with Crippen molar-refractivity contribution in [3.63, 3.8) is 0 Å². The molecule has 2 amide bonds. The van der Waals surface area contributed by atoms with Crippen LogP contribution in [-0.4, -0.2) is 28.6 Å². The number of anilines is 1. The van der Waals surface area contributed by atoms with Crippen LogP contribution in [0.4, 0.5) is 5.69 Å². The van der Waals surface area contributed by atoms with E-state index < -0.39 is 0 Å². The van der Waals surface area contributed by atoms with Gasteiger partial charge in [0.25, 0.3) is 0 Å². The molecule has 4 rings (SSSR count). The molecule has 1 fully saturated rings. The first kappa shape index (κ1) is 17.8. The summed E-state index contributed by atoms with van der Waals surface area (Å²) in [5.41, 5.74) is 5.30. The Bertz CT molecular complexity index is 825. The number of nitrogens with one attached hydrogen (secondary N) is 2. The third-order valence-electron chi connectivity index (χ3n) is 5.53. The molecule has 1 aromatic carbocycles. The van der Waals surface area contributed by atoms with Gasteiger partial charge in [-0.25, -0.2) is 0 Å². The van der Waals surface area contributed by atoms with E-state index in [1.807, 2.05) is 29.2 Å². The first-order chi connectivity index (χ1) is 13.2. The number of H-pyrrole nitrogens is 1. The Morgan fingerprint density at radius 2 is 1.85 bits per heavy atom. The molecule has 2 heterocycles. The Morgan fingerprint density at radius 3 is 2.67 bits per heavy atom. The molecule has 1 aromatic heterocycles. The van der Waals surface area contributed by atoms with Gasteiger partial charge in [0, 0.05) is 30.9 Å². The average Bonchev–Trinajstić information content (AvgIpc) is 3.10. The second-order valence-electron chi connectivity index (χ2n) is 7.46. The minimum atomic E-state index is -0.00911. The van der Waals surface area contributed by atoms with E-state index in [0.29, 0.717) is 19.4 Å². The largest absolute Gasteiger partial charge is 0.352 e. The van der Waals surface area contributed by atoms with E-state index in [1.54, 1.807) is 0 Å². The lowest BCUT2D eigenvalue weighted by atomic mass is 9.95. The highest BCUT2D eigenvalue weighted by Crippen LogP contribution is 2.23. The fourth-order valence-corrected chi connectivity index (χ4v) is 3.98. The maximum absolute atomic E-state index is 12.3. The number of carbonyl (C=O) groups excluding carboxylic acids is 2. The molecule has 0 atom stereocenters. The van der Waals surface area contributed by atoms with Gasteiger partial charge >= 0.3 is 0 Å². The van der Waals surface area contributed by atoms with E-state index in [1.165, 1.54) is 24.1 Å². The Kier molecular flexibility index (Phi) is 5.23. The summed E-state index contributed by atoms with van der Waals surface area (Å²) in [7, 11) is 0. The summed E-state index contributed by atoms with van der Waals surface area (Å²) >= 11 is 0. The number of fused-ring (bicyclic) bond motifs is 1. The van der Waals surface area contributed by atoms with Gasteiger partial charge in [0.2, 0.25) is 11.8 Å². The van der Waals surface area contributed by atoms with Crippen LogP contribution < -0.4 is 10.2 Å². The van der Waals surface area contributed by atoms with Gasteiger partial charge in [0.15, 0.2) is 0 Å². The number of benzene rings is 1. The van der Waals surface area contributed by atoms with Crippen molar-refractivity contribution in [2.45, 2.75) is 57.9 Å². The molecule has 6 nitrogen and oxygen atoms in total. The Balaban J connectivity index is 1.31. The van der Waals surface area contributed by atoms with Crippen LogP contribution in [-0.2, 0) is 35.4 Å². The summed E-state index contributed by atoms with van der Waals surface area (Å²) in [6, 6.07) is 7.89. The average molecular weight is 366 g/mol. The molecule has 2 aliphatic rings. The Morgan fingerprint density at radius 1 is 1.07 bits per heavy atom. The van der Waals surface area contributed by atoms with Gasteiger partial charge < -0.3 is 10.2 Å². The molecule has 1 aliphatic carbocycles. The van der Waals surface area contributed by atoms with E-state index in [9.17, 15) is 9.59 Å². The van der Waals surface area contributed by atoms with Gasteiger partial charge in [-0.2, -0.15) is 5.10 Å². The van der Waals surface area contributed by atoms with Crippen molar-refractivity contribution in [1.29, 1.82) is 0 Å². The lowest BCUT2D eigenvalue weighted by Crippen LogP contribution is -2.35. The molecule has 1 aliphatic heterocycles. The monoisotopic (exact) mass is 366 g/mol. The fourth-order valence-electron chi connectivity index (χ4n) is 3.98. The van der Waals surface area contributed by atoms with Gasteiger partial charge in [0.05, 0.1) is 12.1 Å². The van der Waals surface area contributed by atoms with Crippen molar-refractivity contribution < 1.29 is 9.59 Å². The predicted molar refractivity (Wildman–Crippen MR) is 103 cm³/mol. The summed E-state index contributed by atoms with van der Waals surface area (Å²) < 4.78 is 0. The highest BCUT2D eigenvalue weighted by molar-refractivity contribution is 5.93. The molecule has 1 saturated heterocycles. The Labute approximate surface area is 159 Å². The van der Waals surface area contributed by atoms with Crippen molar-refractivity contribution in [2.24, 2.45) is 0 Å². The van der Waals surface area contributed by atoms with E-state index in [0.717, 1.165) is 49.2 Å². The number of carbonyl (C=O) groups is 2. The third-order valence-corrected chi connectivity index (χ3v) is 5.53. The van der Waals surface area contributed by atoms with Crippen LogP contribution in [0.3, 0.4) is 0 Å². The van der Waals surface area contributed by atoms with Crippen molar-refractivity contribution >= 4 is 17.5 Å². The number of nitrogens with zero attached hydrogens (tertiary/aromatic N) is 2. The van der Waals surface area contributed by atoms with Crippen LogP contribution >= 0.6 is 0 Å². The second kappa shape index (κ2) is 7.94. The summed E-state index contributed by atoms with van der Waals surface area (Å²) in [4.78, 5) is 26.2. The fraction of sp³-hybridized carbons (Fsp3) is 0.476. The van der Waals surface area contributed by atoms with E-state index >= 15 is 0 Å². The minimum absolute atomic E-state index is 0.00911. The third kappa shape index (κ3) is 4.04. The van der Waals surface area contributed by atoms with Gasteiger partial charge in [-0.15, -0.1) is 0 Å². The van der Waals surface area contributed by atoms with Crippen LogP contribution in [0.15, 0.2) is 24.3 Å². The van der Waals surface area contributed by atoms with E-state index in [-0.39, 0.29) is 11.8 Å². The summed E-state index contributed by atoms with van der Waals surface area (Å²) in [6.07, 6.45) is 7.42. The molecule has 142 valence electrons. The normalized spacial score (nSPS) is 16.9. The molecule has 2 N–H and O–H groups in total. The van der Waals surface area contributed by atoms with Gasteiger partial charge in [-0.3, -0.25) is 14.7 Å². The summed E-state index contributed by atoms with van der Waals surface area (Å²) in [5, 5.41) is 10.4. The number of aryl methyl sites for hydroxylation is 1. The van der Waals surface area contributed by atoms with Gasteiger partial charge in [0.1, 0.15) is 0 Å². The van der Waals surface area contributed by atoms with Crippen LogP contribution in [0, 0.1) is 0 Å². The number of hydrogen-bond acceptors (Lipinski definition) is 3. The minimum Gasteiger partial charge on any atom is -0.352 e. The topological polar surface area (TPSA) is 78.1 Å². The lowest BCUT2D eigenvalue weighted by Gasteiger charge is -2.26. The maximum Gasteiger partial charge on any atom is 0.226 e. The molecule has 6 heteroatoms. The predicted octanol–water partition coefficient (Wildman–Crippen LogP) is 2.66. The van der Waals surface area contributed by atoms with Crippen molar-refractivity contribution in [1.82, 2.24) is 15.5 Å². The lowest BCUT2D eigenvalue weighted by molar-refractivity contribution is -0.121. The number of piperidine rings is 1. The molecule has 0 spiro atoms. The maximum atomic E-state index is 12.3. The quantitative estimate of drug-likeness (QED) is 0.854. The van der Waals surface area contributed by atoms with Crippen LogP contribution in [0.25, 0.3) is 0 Å². The first-order valence-electron chi connectivity index (χ1n) is 9.92. The summed E-state index contributed by atoms with van der Waals surface area (Å²) in [5.74, 6) is 0.190. The van der Waals surface area contributed by atoms with Crippen molar-refractivity contribution in [3.8, 4) is 0 Å². The highest BCUT2D eigenvalue weighted by Gasteiger charge is 2.20. The number of aromatic amines is 1. The van der Waals surface area contributed by atoms with Crippen LogP contribution in [0.5, 0.6) is 0 Å².